The molecule has 0 aliphatic heterocycles. The molecule has 0 radical (unpaired) electrons. The third kappa shape index (κ3) is 67.0. The minimum Gasteiger partial charge on any atom is -0.462 e. The summed E-state index contributed by atoms with van der Waals surface area (Å²) in [7, 11) is 0. The number of unbranched alkanes of at least 4 members (excludes halogenated alkanes) is 36. The van der Waals surface area contributed by atoms with Gasteiger partial charge in [-0.15, -0.1) is 0 Å². The number of carbonyl (C=O) groups is 3. The van der Waals surface area contributed by atoms with Crippen LogP contribution >= 0.6 is 0 Å². The maximum absolute atomic E-state index is 12.9. The van der Waals surface area contributed by atoms with E-state index in [9.17, 15) is 14.4 Å². The van der Waals surface area contributed by atoms with Crippen LogP contribution in [0.15, 0.2) is 97.2 Å². The Hall–Kier alpha value is -3.67. The molecule has 0 saturated carbocycles. The van der Waals surface area contributed by atoms with E-state index in [1.807, 2.05) is 6.08 Å². The molecule has 0 aromatic rings. The average Bonchev–Trinajstić information content (AvgIpc) is 3.46. The van der Waals surface area contributed by atoms with Crippen molar-refractivity contribution in [3.8, 4) is 0 Å². The number of carbonyl (C=O) groups excluding carboxylic acids is 3. The maximum atomic E-state index is 12.9. The molecule has 81 heavy (non-hydrogen) atoms. The van der Waals surface area contributed by atoms with Crippen LogP contribution in [0.2, 0.25) is 0 Å². The average molecular weight is 1130 g/mol. The first-order valence-corrected chi connectivity index (χ1v) is 34.7. The number of ether oxygens (including phenoxy) is 3. The van der Waals surface area contributed by atoms with Crippen LogP contribution in [0.3, 0.4) is 0 Å². The van der Waals surface area contributed by atoms with Crippen molar-refractivity contribution in [3.05, 3.63) is 97.2 Å². The molecular formula is C75H130O6. The predicted octanol–water partition coefficient (Wildman–Crippen LogP) is 24.0. The van der Waals surface area contributed by atoms with Crippen LogP contribution in [0.25, 0.3) is 0 Å². The van der Waals surface area contributed by atoms with E-state index < -0.39 is 6.10 Å². The summed E-state index contributed by atoms with van der Waals surface area (Å²) in [6.07, 6.45) is 93.2. The molecule has 0 aromatic heterocycles. The number of rotatable bonds is 63. The summed E-state index contributed by atoms with van der Waals surface area (Å²) in [5.41, 5.74) is 0. The highest BCUT2D eigenvalue weighted by Crippen LogP contribution is 2.18. The molecule has 0 N–H and O–H groups in total. The number of hydrogen-bond acceptors (Lipinski definition) is 6. The van der Waals surface area contributed by atoms with Crippen LogP contribution in [0, 0.1) is 0 Å². The van der Waals surface area contributed by atoms with Crippen LogP contribution in [0.4, 0.5) is 0 Å². The van der Waals surface area contributed by atoms with Crippen LogP contribution < -0.4 is 0 Å². The summed E-state index contributed by atoms with van der Waals surface area (Å²) >= 11 is 0. The highest BCUT2D eigenvalue weighted by atomic mass is 16.6. The molecule has 0 rings (SSSR count). The van der Waals surface area contributed by atoms with Gasteiger partial charge in [-0.1, -0.05) is 336 Å². The van der Waals surface area contributed by atoms with E-state index >= 15 is 0 Å². The molecule has 0 saturated heterocycles. The monoisotopic (exact) mass is 1130 g/mol. The minimum absolute atomic E-state index is 0.0947. The third-order valence-corrected chi connectivity index (χ3v) is 15.1. The summed E-state index contributed by atoms with van der Waals surface area (Å²) < 4.78 is 16.9. The second kappa shape index (κ2) is 68.8. The van der Waals surface area contributed by atoms with Crippen molar-refractivity contribution in [2.45, 2.75) is 348 Å². The summed E-state index contributed by atoms with van der Waals surface area (Å²) in [6, 6.07) is 0. The van der Waals surface area contributed by atoms with Gasteiger partial charge in [0.2, 0.25) is 0 Å². The van der Waals surface area contributed by atoms with E-state index in [2.05, 4.69) is 112 Å². The molecule has 0 aliphatic carbocycles. The van der Waals surface area contributed by atoms with E-state index in [0.29, 0.717) is 19.3 Å². The van der Waals surface area contributed by atoms with E-state index in [4.69, 9.17) is 14.2 Å². The van der Waals surface area contributed by atoms with E-state index in [1.165, 1.54) is 205 Å². The zero-order chi connectivity index (χ0) is 58.5. The van der Waals surface area contributed by atoms with Crippen molar-refractivity contribution in [3.63, 3.8) is 0 Å². The summed E-state index contributed by atoms with van der Waals surface area (Å²) in [4.78, 5) is 38.3. The van der Waals surface area contributed by atoms with E-state index in [1.54, 1.807) is 0 Å². The highest BCUT2D eigenvalue weighted by Gasteiger charge is 2.19. The van der Waals surface area contributed by atoms with Crippen LogP contribution in [-0.2, 0) is 28.6 Å². The first-order chi connectivity index (χ1) is 40.0. The van der Waals surface area contributed by atoms with Gasteiger partial charge in [-0.05, 0) is 83.5 Å². The van der Waals surface area contributed by atoms with Gasteiger partial charge in [0.1, 0.15) is 13.2 Å². The molecule has 0 aromatic carbocycles. The van der Waals surface area contributed by atoms with Crippen molar-refractivity contribution in [1.29, 1.82) is 0 Å². The summed E-state index contributed by atoms with van der Waals surface area (Å²) in [6.45, 7) is 6.40. The lowest BCUT2D eigenvalue weighted by Gasteiger charge is -2.18. The fourth-order valence-corrected chi connectivity index (χ4v) is 9.98. The van der Waals surface area contributed by atoms with Gasteiger partial charge in [0.15, 0.2) is 6.10 Å². The van der Waals surface area contributed by atoms with Gasteiger partial charge in [0.25, 0.3) is 0 Å². The zero-order valence-electron chi connectivity index (χ0n) is 53.5. The number of allylic oxidation sites excluding steroid dienone is 16. The highest BCUT2D eigenvalue weighted by molar-refractivity contribution is 5.71. The predicted molar refractivity (Wildman–Crippen MR) is 353 cm³/mol. The summed E-state index contributed by atoms with van der Waals surface area (Å²) in [5, 5.41) is 0. The first kappa shape index (κ1) is 77.3. The van der Waals surface area contributed by atoms with Gasteiger partial charge >= 0.3 is 17.9 Å². The fraction of sp³-hybridized carbons (Fsp3) is 0.747. The Morgan fingerprint density at radius 3 is 0.827 bits per heavy atom. The lowest BCUT2D eigenvalue weighted by Crippen LogP contribution is -2.30. The second-order valence-electron chi connectivity index (χ2n) is 23.0. The molecule has 6 nitrogen and oxygen atoms in total. The van der Waals surface area contributed by atoms with Crippen molar-refractivity contribution < 1.29 is 28.6 Å². The molecule has 6 heteroatoms. The Kier molecular flexibility index (Phi) is 65.7. The molecule has 0 bridgehead atoms. The van der Waals surface area contributed by atoms with Crippen molar-refractivity contribution in [1.82, 2.24) is 0 Å². The SMILES string of the molecule is CC/C=C\C/C=C\C/C=C\C/C=C\CCCCCCCCCCCCCCCCCCCCC(=O)OCC(COC(=O)CC/C=C\C/C=C\C/C=C\C/C=C\CC)OC(=O)CCCCCCCCCCCCCCCCCCCCC. The Balaban J connectivity index is 4.22. The van der Waals surface area contributed by atoms with Crippen molar-refractivity contribution >= 4 is 17.9 Å². The lowest BCUT2D eigenvalue weighted by molar-refractivity contribution is -0.166. The molecule has 0 aliphatic rings. The standard InChI is InChI=1S/C75H130O6/c1-4-7-10-13-16-19-22-25-27-29-31-32-33-34-35-36-37-38-39-40-41-42-44-45-47-50-53-56-59-62-65-68-74(77)80-71-72(70-79-73(76)67-64-61-58-55-52-49-24-21-18-15-12-9-6-3)81-75(78)69-66-63-60-57-54-51-48-46-43-30-28-26-23-20-17-14-11-8-5-2/h7,9-10,12,16,18-19,21,25,27,31-32,49,52,58,61,72H,4-6,8,11,13-15,17,20,22-24,26,28-30,33-48,50-51,53-57,59-60,62-71H2,1-3H3/b10-7-,12-9-,19-16-,21-18-,27-25-,32-31-,52-49-,61-58-. The molecule has 1 unspecified atom stereocenters. The van der Waals surface area contributed by atoms with Gasteiger partial charge in [-0.3, -0.25) is 14.4 Å². The summed E-state index contributed by atoms with van der Waals surface area (Å²) in [5.74, 6) is -0.962. The molecule has 0 spiro atoms. The second-order valence-corrected chi connectivity index (χ2v) is 23.0. The fourth-order valence-electron chi connectivity index (χ4n) is 9.98. The van der Waals surface area contributed by atoms with Crippen molar-refractivity contribution in [2.24, 2.45) is 0 Å². The topological polar surface area (TPSA) is 78.9 Å². The largest absolute Gasteiger partial charge is 0.462 e. The molecule has 0 amide bonds. The smallest absolute Gasteiger partial charge is 0.306 e. The molecule has 0 fully saturated rings. The van der Waals surface area contributed by atoms with Gasteiger partial charge < -0.3 is 14.2 Å². The van der Waals surface area contributed by atoms with Gasteiger partial charge in [-0.25, -0.2) is 0 Å². The Bertz CT molecular complexity index is 1580. The maximum Gasteiger partial charge on any atom is 0.306 e. The number of hydrogen-bond donors (Lipinski definition) is 0. The first-order valence-electron chi connectivity index (χ1n) is 34.7. The third-order valence-electron chi connectivity index (χ3n) is 15.1. The molecular weight excluding hydrogens is 997 g/mol. The van der Waals surface area contributed by atoms with Gasteiger partial charge in [0, 0.05) is 19.3 Å². The van der Waals surface area contributed by atoms with Crippen molar-refractivity contribution in [2.75, 3.05) is 13.2 Å². The Morgan fingerprint density at radius 1 is 0.259 bits per heavy atom. The van der Waals surface area contributed by atoms with Crippen LogP contribution in [0.1, 0.15) is 342 Å². The molecule has 0 heterocycles. The minimum atomic E-state index is -0.804. The molecule has 1 atom stereocenters. The zero-order valence-corrected chi connectivity index (χ0v) is 53.5. The lowest BCUT2D eigenvalue weighted by atomic mass is 10.0. The normalized spacial score (nSPS) is 12.7. The van der Waals surface area contributed by atoms with E-state index in [0.717, 1.165) is 89.9 Å². The molecule has 466 valence electrons. The van der Waals surface area contributed by atoms with E-state index in [-0.39, 0.29) is 37.5 Å². The van der Waals surface area contributed by atoms with Crippen LogP contribution in [0.5, 0.6) is 0 Å². The quantitative estimate of drug-likeness (QED) is 0.0261. The Morgan fingerprint density at radius 2 is 0.506 bits per heavy atom. The van der Waals surface area contributed by atoms with Crippen LogP contribution in [-0.4, -0.2) is 37.2 Å². The Labute approximate surface area is 502 Å². The van der Waals surface area contributed by atoms with Gasteiger partial charge in [-0.2, -0.15) is 0 Å². The number of esters is 3. The van der Waals surface area contributed by atoms with Gasteiger partial charge in [0.05, 0.1) is 0 Å².